The van der Waals surface area contributed by atoms with Crippen molar-refractivity contribution in [3.8, 4) is 0 Å². The van der Waals surface area contributed by atoms with Gasteiger partial charge in [-0.25, -0.2) is 0 Å². The van der Waals surface area contributed by atoms with Crippen molar-refractivity contribution in [1.82, 2.24) is 0 Å². The monoisotopic (exact) mass is 214 g/mol. The lowest BCUT2D eigenvalue weighted by atomic mass is 10.1. The zero-order chi connectivity index (χ0) is 11.7. The Balaban J connectivity index is 4.00. The van der Waals surface area contributed by atoms with Crippen LogP contribution in [0.25, 0.3) is 0 Å². The molecule has 0 aliphatic rings. The van der Waals surface area contributed by atoms with Gasteiger partial charge >= 0.3 is 0 Å². The summed E-state index contributed by atoms with van der Waals surface area (Å²) in [6, 6.07) is 0. The molecule has 90 valence electrons. The van der Waals surface area contributed by atoms with Crippen LogP contribution in [0.3, 0.4) is 0 Å². The second-order valence-electron chi connectivity index (χ2n) is 4.44. The van der Waals surface area contributed by atoms with Gasteiger partial charge < -0.3 is 4.48 Å². The van der Waals surface area contributed by atoms with Crippen LogP contribution in [0.4, 0.5) is 0 Å². The second kappa shape index (κ2) is 7.86. The predicted molar refractivity (Wildman–Crippen MR) is 65.9 cm³/mol. The summed E-state index contributed by atoms with van der Waals surface area (Å²) in [6.07, 6.45) is 4.25. The van der Waals surface area contributed by atoms with Crippen LogP contribution in [0.1, 0.15) is 53.4 Å². The van der Waals surface area contributed by atoms with Crippen LogP contribution in [-0.2, 0) is 4.79 Å². The van der Waals surface area contributed by atoms with E-state index in [9.17, 15) is 4.79 Å². The van der Waals surface area contributed by atoms with Crippen LogP contribution in [0.15, 0.2) is 0 Å². The third-order valence-electron chi connectivity index (χ3n) is 3.58. The van der Waals surface area contributed by atoms with Crippen LogP contribution in [0.5, 0.6) is 0 Å². The zero-order valence-corrected chi connectivity index (χ0v) is 11.0. The normalized spacial score (nSPS) is 11.7. The van der Waals surface area contributed by atoms with Crippen LogP contribution < -0.4 is 0 Å². The fraction of sp³-hybridized carbons (Fsp3) is 0.923. The molecule has 0 aromatic heterocycles. The summed E-state index contributed by atoms with van der Waals surface area (Å²) in [5.74, 6) is 0.453. The quantitative estimate of drug-likeness (QED) is 0.426. The van der Waals surface area contributed by atoms with E-state index in [1.807, 2.05) is 0 Å². The van der Waals surface area contributed by atoms with Crippen LogP contribution in [0.2, 0.25) is 0 Å². The molecule has 0 unspecified atom stereocenters. The van der Waals surface area contributed by atoms with E-state index in [1.165, 1.54) is 12.8 Å². The number of ketones is 1. The van der Waals surface area contributed by atoms with E-state index in [2.05, 4.69) is 27.7 Å². The fourth-order valence-corrected chi connectivity index (χ4v) is 2.03. The van der Waals surface area contributed by atoms with Crippen molar-refractivity contribution >= 4 is 5.78 Å². The van der Waals surface area contributed by atoms with E-state index in [1.54, 1.807) is 0 Å². The Hall–Kier alpha value is -0.370. The molecule has 0 aliphatic carbocycles. The number of nitrogens with zero attached hydrogens (tertiary/aromatic N) is 1. The highest BCUT2D eigenvalue weighted by Gasteiger charge is 2.23. The summed E-state index contributed by atoms with van der Waals surface area (Å²) in [7, 11) is 0. The van der Waals surface area contributed by atoms with Crippen LogP contribution >= 0.6 is 0 Å². The molecule has 0 amide bonds. The average Bonchev–Trinajstić information content (AvgIpc) is 2.26. The zero-order valence-electron chi connectivity index (χ0n) is 11.0. The van der Waals surface area contributed by atoms with Gasteiger partial charge in [-0.3, -0.25) is 4.79 Å². The Morgan fingerprint density at radius 2 is 1.47 bits per heavy atom. The van der Waals surface area contributed by atoms with E-state index in [4.69, 9.17) is 0 Å². The van der Waals surface area contributed by atoms with Gasteiger partial charge in [-0.1, -0.05) is 19.8 Å². The van der Waals surface area contributed by atoms with Gasteiger partial charge in [0, 0.05) is 6.42 Å². The highest BCUT2D eigenvalue weighted by molar-refractivity contribution is 5.79. The van der Waals surface area contributed by atoms with Crippen LogP contribution in [-0.4, -0.2) is 36.4 Å². The first-order chi connectivity index (χ1) is 7.14. The van der Waals surface area contributed by atoms with Crippen molar-refractivity contribution < 1.29 is 9.28 Å². The molecule has 0 rings (SSSR count). The number of hydrogen-bond acceptors (Lipinski definition) is 1. The van der Waals surface area contributed by atoms with E-state index in [0.717, 1.165) is 43.5 Å². The number of hydrogen-bond donors (Lipinski definition) is 0. The van der Waals surface area contributed by atoms with Crippen molar-refractivity contribution in [1.29, 1.82) is 0 Å². The number of rotatable bonds is 9. The summed E-state index contributed by atoms with van der Waals surface area (Å²) in [5.41, 5.74) is 0. The second-order valence-corrected chi connectivity index (χ2v) is 4.44. The molecule has 0 fully saturated rings. The lowest BCUT2D eigenvalue weighted by molar-refractivity contribution is -0.915. The molecule has 0 bridgehead atoms. The van der Waals surface area contributed by atoms with Crippen molar-refractivity contribution in [2.45, 2.75) is 53.4 Å². The average molecular weight is 214 g/mol. The maximum Gasteiger partial charge on any atom is 0.186 e. The van der Waals surface area contributed by atoms with Crippen molar-refractivity contribution in [3.63, 3.8) is 0 Å². The van der Waals surface area contributed by atoms with E-state index >= 15 is 0 Å². The fourth-order valence-electron chi connectivity index (χ4n) is 2.03. The highest BCUT2D eigenvalue weighted by atomic mass is 16.1. The van der Waals surface area contributed by atoms with E-state index in [-0.39, 0.29) is 0 Å². The molecule has 0 aromatic rings. The minimum absolute atomic E-state index is 0.453. The van der Waals surface area contributed by atoms with Gasteiger partial charge in [-0.05, 0) is 27.2 Å². The molecule has 2 nitrogen and oxygen atoms in total. The maximum absolute atomic E-state index is 11.8. The smallest absolute Gasteiger partial charge is 0.186 e. The summed E-state index contributed by atoms with van der Waals surface area (Å²) in [6.45, 7) is 12.7. The van der Waals surface area contributed by atoms with E-state index in [0.29, 0.717) is 5.78 Å². The standard InChI is InChI=1S/C13H28NO/c1-5-9-10-11-13(15)12-14(6-2,7-3)8-4/h5-12H2,1-4H3/q+1. The third-order valence-corrected chi connectivity index (χ3v) is 3.58. The lowest BCUT2D eigenvalue weighted by Gasteiger charge is -2.35. The van der Waals surface area contributed by atoms with Gasteiger partial charge in [0.1, 0.15) is 6.54 Å². The molecule has 0 aromatic carbocycles. The first-order valence-electron chi connectivity index (χ1n) is 6.50. The van der Waals surface area contributed by atoms with Gasteiger partial charge in [-0.15, -0.1) is 0 Å². The van der Waals surface area contributed by atoms with E-state index < -0.39 is 0 Å². The molecular formula is C13H28NO+. The molecule has 0 radical (unpaired) electrons. The van der Waals surface area contributed by atoms with Crippen LogP contribution in [0, 0.1) is 0 Å². The number of carbonyl (C=O) groups excluding carboxylic acids is 1. The number of Topliss-reactive ketones (excluding diaryl/α,β-unsaturated/α-hetero) is 1. The topological polar surface area (TPSA) is 17.1 Å². The largest absolute Gasteiger partial charge is 0.318 e. The van der Waals surface area contributed by atoms with Gasteiger partial charge in [0.25, 0.3) is 0 Å². The third kappa shape index (κ3) is 5.31. The molecule has 0 spiro atoms. The summed E-state index contributed by atoms with van der Waals surface area (Å²) in [5, 5.41) is 0. The van der Waals surface area contributed by atoms with Gasteiger partial charge in [0.15, 0.2) is 5.78 Å². The minimum Gasteiger partial charge on any atom is -0.318 e. The summed E-state index contributed by atoms with van der Waals surface area (Å²) in [4.78, 5) is 11.8. The van der Waals surface area contributed by atoms with Crippen molar-refractivity contribution in [2.75, 3.05) is 26.2 Å². The lowest BCUT2D eigenvalue weighted by Crippen LogP contribution is -2.50. The molecule has 0 saturated heterocycles. The first kappa shape index (κ1) is 14.6. The molecule has 0 heterocycles. The molecular weight excluding hydrogens is 186 g/mol. The van der Waals surface area contributed by atoms with Gasteiger partial charge in [0.05, 0.1) is 19.6 Å². The maximum atomic E-state index is 11.8. The number of quaternary nitrogens is 1. The highest BCUT2D eigenvalue weighted by Crippen LogP contribution is 2.08. The predicted octanol–water partition coefficient (Wildman–Crippen LogP) is 3.01. The molecule has 15 heavy (non-hydrogen) atoms. The molecule has 0 N–H and O–H groups in total. The Labute approximate surface area is 95.2 Å². The Morgan fingerprint density at radius 3 is 1.87 bits per heavy atom. The number of likely N-dealkylation sites (N-methyl/N-ethyl adjacent to an activating group) is 1. The molecule has 0 atom stereocenters. The Morgan fingerprint density at radius 1 is 0.933 bits per heavy atom. The number of carbonyl (C=O) groups is 1. The number of unbranched alkanes of at least 4 members (excludes halogenated alkanes) is 2. The molecule has 2 heteroatoms. The van der Waals surface area contributed by atoms with Crippen molar-refractivity contribution in [2.24, 2.45) is 0 Å². The molecule has 0 saturated carbocycles. The minimum atomic E-state index is 0.453. The first-order valence-corrected chi connectivity index (χ1v) is 6.50. The summed E-state index contributed by atoms with van der Waals surface area (Å²) >= 11 is 0. The Bertz CT molecular complexity index is 165. The van der Waals surface area contributed by atoms with Gasteiger partial charge in [0.2, 0.25) is 0 Å². The Kier molecular flexibility index (Phi) is 7.67. The SMILES string of the molecule is CCCCCC(=O)C[N+](CC)(CC)CC. The van der Waals surface area contributed by atoms with Gasteiger partial charge in [-0.2, -0.15) is 0 Å². The molecule has 0 aliphatic heterocycles. The van der Waals surface area contributed by atoms with Crippen molar-refractivity contribution in [3.05, 3.63) is 0 Å². The summed E-state index contributed by atoms with van der Waals surface area (Å²) < 4.78 is 0.963.